The van der Waals surface area contributed by atoms with E-state index in [0.29, 0.717) is 12.2 Å². The lowest BCUT2D eigenvalue weighted by Gasteiger charge is -2.51. The van der Waals surface area contributed by atoms with Crippen LogP contribution < -0.4 is 5.32 Å². The fourth-order valence-electron chi connectivity index (χ4n) is 5.78. The molecular formula is C26H25N5O. The second-order valence-electron chi connectivity index (χ2n) is 8.87. The number of aryl methyl sites for hydroxylation is 1. The van der Waals surface area contributed by atoms with Crippen LogP contribution >= 0.6 is 0 Å². The summed E-state index contributed by atoms with van der Waals surface area (Å²) in [5.41, 5.74) is 3.51. The van der Waals surface area contributed by atoms with E-state index in [1.165, 1.54) is 0 Å². The van der Waals surface area contributed by atoms with Gasteiger partial charge in [0.2, 0.25) is 0 Å². The summed E-state index contributed by atoms with van der Waals surface area (Å²) in [5.74, 6) is 0.766. The zero-order valence-electron chi connectivity index (χ0n) is 18.2. The van der Waals surface area contributed by atoms with E-state index in [9.17, 15) is 10.1 Å². The average Bonchev–Trinajstić information content (AvgIpc) is 2.82. The maximum absolute atomic E-state index is 13.0. The van der Waals surface area contributed by atoms with Crippen molar-refractivity contribution in [3.05, 3.63) is 77.5 Å². The highest BCUT2D eigenvalue weighted by atomic mass is 16.1. The van der Waals surface area contributed by atoms with Gasteiger partial charge >= 0.3 is 0 Å². The number of rotatable bonds is 3. The standard InChI is InChI=1S/C26H25N5O/c1-16-22-11-10-21-24(29-17(2)30-25(21)31-20-9-6-12-28-15-20)26(22,13-18(14-27)23(16)32)19-7-4-3-5-8-19/h3-9,12,15-16,18,22H,10-11,13H2,1-2H3,(H,29,30,31)/t16-,18?,22-,26-/m0/s1. The Hall–Kier alpha value is -3.59. The third-order valence-electron chi connectivity index (χ3n) is 7.17. The Kier molecular flexibility index (Phi) is 4.97. The number of benzene rings is 1. The minimum atomic E-state index is -0.641. The molecule has 32 heavy (non-hydrogen) atoms. The highest BCUT2D eigenvalue weighted by Gasteiger charge is 2.56. The van der Waals surface area contributed by atoms with Gasteiger partial charge in [0.25, 0.3) is 0 Å². The van der Waals surface area contributed by atoms with Crippen molar-refractivity contribution in [2.75, 3.05) is 5.32 Å². The Morgan fingerprint density at radius 1 is 1.16 bits per heavy atom. The Balaban J connectivity index is 1.74. The Bertz CT molecular complexity index is 1200. The van der Waals surface area contributed by atoms with E-state index in [4.69, 9.17) is 9.97 Å². The molecule has 4 atom stereocenters. The maximum Gasteiger partial charge on any atom is 0.153 e. The molecule has 3 aromatic rings. The monoisotopic (exact) mass is 423 g/mol. The number of aromatic nitrogens is 3. The second kappa shape index (κ2) is 7.83. The molecule has 0 saturated heterocycles. The van der Waals surface area contributed by atoms with Crippen molar-refractivity contribution in [2.45, 2.75) is 38.5 Å². The van der Waals surface area contributed by atoms with Gasteiger partial charge in [0, 0.05) is 23.1 Å². The van der Waals surface area contributed by atoms with Gasteiger partial charge in [-0.25, -0.2) is 9.97 Å². The smallest absolute Gasteiger partial charge is 0.153 e. The van der Waals surface area contributed by atoms with Gasteiger partial charge in [-0.3, -0.25) is 9.78 Å². The second-order valence-corrected chi connectivity index (χ2v) is 8.87. The summed E-state index contributed by atoms with van der Waals surface area (Å²) in [6.45, 7) is 3.89. The molecule has 2 aliphatic carbocycles. The number of hydrogen-bond acceptors (Lipinski definition) is 6. The van der Waals surface area contributed by atoms with Crippen molar-refractivity contribution in [3.8, 4) is 6.07 Å². The molecule has 0 aliphatic heterocycles. The first-order valence-electron chi connectivity index (χ1n) is 11.1. The van der Waals surface area contributed by atoms with Gasteiger partial charge in [0.15, 0.2) is 5.78 Å². The molecule has 160 valence electrons. The van der Waals surface area contributed by atoms with Crippen molar-refractivity contribution in [1.29, 1.82) is 5.26 Å². The number of nitrogens with one attached hydrogen (secondary N) is 1. The number of carbonyl (C=O) groups is 1. The SMILES string of the molecule is Cc1nc(Nc2cccnc2)c2c(n1)[C@]1(c3ccccc3)CC(C#N)C(=O)[C@@H](C)[C@@H]1CC2. The number of fused-ring (bicyclic) bond motifs is 3. The van der Waals surface area contributed by atoms with E-state index in [2.05, 4.69) is 28.5 Å². The molecule has 1 fully saturated rings. The lowest BCUT2D eigenvalue weighted by molar-refractivity contribution is -0.131. The summed E-state index contributed by atoms with van der Waals surface area (Å²) in [6.07, 6.45) is 5.60. The third-order valence-corrected chi connectivity index (χ3v) is 7.17. The molecule has 2 aliphatic rings. The average molecular weight is 424 g/mol. The van der Waals surface area contributed by atoms with E-state index in [-0.39, 0.29) is 17.6 Å². The van der Waals surface area contributed by atoms with Crippen LogP contribution in [-0.4, -0.2) is 20.7 Å². The van der Waals surface area contributed by atoms with Gasteiger partial charge in [-0.15, -0.1) is 0 Å². The van der Waals surface area contributed by atoms with Gasteiger partial charge in [0.05, 0.1) is 23.6 Å². The van der Waals surface area contributed by atoms with Crippen molar-refractivity contribution in [1.82, 2.24) is 15.0 Å². The molecule has 0 amide bonds. The van der Waals surface area contributed by atoms with Crippen molar-refractivity contribution in [2.24, 2.45) is 17.8 Å². The number of nitriles is 1. The van der Waals surface area contributed by atoms with E-state index in [1.54, 1.807) is 12.4 Å². The van der Waals surface area contributed by atoms with E-state index in [0.717, 1.165) is 41.2 Å². The molecule has 5 rings (SSSR count). The molecular weight excluding hydrogens is 398 g/mol. The highest BCUT2D eigenvalue weighted by molar-refractivity contribution is 5.87. The van der Waals surface area contributed by atoms with Crippen LogP contribution in [0.1, 0.15) is 42.4 Å². The first-order valence-corrected chi connectivity index (χ1v) is 11.1. The number of carbonyl (C=O) groups excluding carboxylic acids is 1. The summed E-state index contributed by atoms with van der Waals surface area (Å²) >= 11 is 0. The van der Waals surface area contributed by atoms with E-state index >= 15 is 0 Å². The number of nitrogens with zero attached hydrogens (tertiary/aromatic N) is 4. The van der Waals surface area contributed by atoms with Gasteiger partial charge < -0.3 is 5.32 Å². The number of ketones is 1. The zero-order chi connectivity index (χ0) is 22.3. The van der Waals surface area contributed by atoms with Crippen molar-refractivity contribution < 1.29 is 4.79 Å². The molecule has 6 heteroatoms. The molecule has 0 bridgehead atoms. The molecule has 1 aromatic carbocycles. The Labute approximate surface area is 187 Å². The predicted octanol–water partition coefficient (Wildman–Crippen LogP) is 4.52. The fraction of sp³-hybridized carbons (Fsp3) is 0.346. The summed E-state index contributed by atoms with van der Waals surface area (Å²) in [6, 6.07) is 16.4. The number of hydrogen-bond donors (Lipinski definition) is 1. The highest BCUT2D eigenvalue weighted by Crippen LogP contribution is 2.56. The topological polar surface area (TPSA) is 91.6 Å². The Morgan fingerprint density at radius 2 is 1.97 bits per heavy atom. The van der Waals surface area contributed by atoms with Crippen LogP contribution in [0, 0.1) is 36.0 Å². The van der Waals surface area contributed by atoms with E-state index in [1.807, 2.05) is 44.2 Å². The molecule has 6 nitrogen and oxygen atoms in total. The molecule has 1 unspecified atom stereocenters. The summed E-state index contributed by atoms with van der Waals surface area (Å²) in [5, 5.41) is 13.3. The van der Waals surface area contributed by atoms with Gasteiger partial charge in [-0.2, -0.15) is 5.26 Å². The maximum atomic E-state index is 13.0. The summed E-state index contributed by atoms with van der Waals surface area (Å²) < 4.78 is 0. The molecule has 2 heterocycles. The zero-order valence-corrected chi connectivity index (χ0v) is 18.2. The summed E-state index contributed by atoms with van der Waals surface area (Å²) in [7, 11) is 0. The van der Waals surface area contributed by atoms with Crippen LogP contribution in [0.25, 0.3) is 0 Å². The van der Waals surface area contributed by atoms with Crippen LogP contribution in [0.5, 0.6) is 0 Å². The van der Waals surface area contributed by atoms with Gasteiger partial charge in [0.1, 0.15) is 17.6 Å². The van der Waals surface area contributed by atoms with Gasteiger partial charge in [-0.05, 0) is 49.8 Å². The minimum Gasteiger partial charge on any atom is -0.339 e. The quantitative estimate of drug-likeness (QED) is 0.666. The lowest BCUT2D eigenvalue weighted by Crippen LogP contribution is -2.53. The molecule has 2 aromatic heterocycles. The minimum absolute atomic E-state index is 0.0620. The summed E-state index contributed by atoms with van der Waals surface area (Å²) in [4.78, 5) is 26.9. The molecule has 0 radical (unpaired) electrons. The van der Waals surface area contributed by atoms with Crippen LogP contribution in [0.15, 0.2) is 54.9 Å². The first-order chi connectivity index (χ1) is 15.5. The molecule has 1 N–H and O–H groups in total. The number of Topliss-reactive ketones (excluding diaryl/α,β-unsaturated/α-hetero) is 1. The number of pyridine rings is 1. The van der Waals surface area contributed by atoms with Crippen LogP contribution in [0.4, 0.5) is 11.5 Å². The predicted molar refractivity (Wildman–Crippen MR) is 121 cm³/mol. The Morgan fingerprint density at radius 3 is 2.69 bits per heavy atom. The normalized spacial score (nSPS) is 26.5. The molecule has 0 spiro atoms. The van der Waals surface area contributed by atoms with Crippen LogP contribution in [-0.2, 0) is 16.6 Å². The third kappa shape index (κ3) is 3.08. The number of anilines is 2. The van der Waals surface area contributed by atoms with E-state index < -0.39 is 11.3 Å². The van der Waals surface area contributed by atoms with Gasteiger partial charge in [-0.1, -0.05) is 37.3 Å². The van der Waals surface area contributed by atoms with Crippen molar-refractivity contribution >= 4 is 17.3 Å². The van der Waals surface area contributed by atoms with Crippen molar-refractivity contribution in [3.63, 3.8) is 0 Å². The van der Waals surface area contributed by atoms with Crippen LogP contribution in [0.3, 0.4) is 0 Å². The lowest BCUT2D eigenvalue weighted by atomic mass is 9.51. The largest absolute Gasteiger partial charge is 0.339 e. The fourth-order valence-corrected chi connectivity index (χ4v) is 5.78. The first kappa shape index (κ1) is 20.3. The van der Waals surface area contributed by atoms with Crippen LogP contribution in [0.2, 0.25) is 0 Å². The molecule has 1 saturated carbocycles.